The molecule has 1 unspecified atom stereocenters. The first-order chi connectivity index (χ1) is 15.1. The number of halogens is 2. The molecule has 0 radical (unpaired) electrons. The van der Waals surface area contributed by atoms with E-state index in [1.54, 1.807) is 18.3 Å². The first-order valence-electron chi connectivity index (χ1n) is 10.5. The molecule has 2 aromatic rings. The summed E-state index contributed by atoms with van der Waals surface area (Å²) >= 11 is 12.5. The van der Waals surface area contributed by atoms with E-state index < -0.39 is 0 Å². The molecule has 0 amide bonds. The number of hydrogen-bond acceptors (Lipinski definition) is 5. The molecule has 1 aliphatic heterocycles. The van der Waals surface area contributed by atoms with Crippen molar-refractivity contribution in [2.75, 3.05) is 18.4 Å². The molecule has 8 heteroatoms. The summed E-state index contributed by atoms with van der Waals surface area (Å²) in [5.74, 6) is 2.26. The van der Waals surface area contributed by atoms with E-state index in [9.17, 15) is 0 Å². The van der Waals surface area contributed by atoms with Gasteiger partial charge in [-0.25, -0.2) is 4.98 Å². The molecule has 0 saturated heterocycles. The summed E-state index contributed by atoms with van der Waals surface area (Å²) in [7, 11) is 0. The molecule has 1 atom stereocenters. The first-order valence-corrected chi connectivity index (χ1v) is 11.2. The van der Waals surface area contributed by atoms with Crippen molar-refractivity contribution in [1.29, 1.82) is 5.26 Å². The minimum absolute atomic E-state index is 0.117. The van der Waals surface area contributed by atoms with Gasteiger partial charge in [0.25, 0.3) is 0 Å². The highest BCUT2D eigenvalue weighted by Gasteiger charge is 2.31. The van der Waals surface area contributed by atoms with Crippen molar-refractivity contribution in [3.63, 3.8) is 0 Å². The summed E-state index contributed by atoms with van der Waals surface area (Å²) in [6.07, 6.45) is 7.93. The van der Waals surface area contributed by atoms with Gasteiger partial charge >= 0.3 is 0 Å². The minimum Gasteiger partial charge on any atom is -0.370 e. The van der Waals surface area contributed by atoms with Crippen LogP contribution in [0, 0.1) is 17.2 Å². The van der Waals surface area contributed by atoms with Gasteiger partial charge in [0.2, 0.25) is 0 Å². The van der Waals surface area contributed by atoms with Gasteiger partial charge < -0.3 is 16.0 Å². The Morgan fingerprint density at radius 3 is 2.74 bits per heavy atom. The lowest BCUT2D eigenvalue weighted by Gasteiger charge is -2.29. The molecular weight excluding hydrogens is 431 g/mol. The molecule has 1 aliphatic carbocycles. The number of hydrogen-bond donors (Lipinski definition) is 3. The molecule has 1 aromatic carbocycles. The molecule has 31 heavy (non-hydrogen) atoms. The summed E-state index contributed by atoms with van der Waals surface area (Å²) in [6.45, 7) is 1.55. The van der Waals surface area contributed by atoms with Crippen molar-refractivity contribution >= 4 is 34.9 Å². The van der Waals surface area contributed by atoms with Crippen molar-refractivity contribution in [2.45, 2.75) is 31.8 Å². The molecule has 3 N–H and O–H groups in total. The Morgan fingerprint density at radius 2 is 2.03 bits per heavy atom. The molecule has 1 fully saturated rings. The van der Waals surface area contributed by atoms with E-state index in [1.165, 1.54) is 18.5 Å². The molecule has 0 spiro atoms. The van der Waals surface area contributed by atoms with Crippen LogP contribution in [0.2, 0.25) is 10.0 Å². The Kier molecular flexibility index (Phi) is 6.96. The third kappa shape index (κ3) is 5.90. The van der Waals surface area contributed by atoms with Crippen LogP contribution in [0.3, 0.4) is 0 Å². The zero-order valence-corrected chi connectivity index (χ0v) is 18.5. The molecule has 2 aliphatic rings. The predicted molar refractivity (Wildman–Crippen MR) is 125 cm³/mol. The standard InChI is InChI=1S/C23H24Cl2N6/c24-17-6-7-18(19(25)11-17)23-30-20(16-4-5-16)12-22(31-23)28-10-2-1-9-27-21-8-3-15(13-26)14-29-21/h3,6-8,11-12,14,16,23,30H,1-2,4-5,9-10H2,(H,27,29)(H,28,31). The predicted octanol–water partition coefficient (Wildman–Crippen LogP) is 5.04. The number of nitrogens with zero attached hydrogens (tertiary/aromatic N) is 3. The van der Waals surface area contributed by atoms with Crippen LogP contribution in [-0.2, 0) is 0 Å². The quantitative estimate of drug-likeness (QED) is 0.486. The molecule has 6 nitrogen and oxygen atoms in total. The maximum Gasteiger partial charge on any atom is 0.125 e. The van der Waals surface area contributed by atoms with Gasteiger partial charge in [-0.15, -0.1) is 0 Å². The fraction of sp³-hybridized carbons (Fsp3) is 0.348. The van der Waals surface area contributed by atoms with E-state index >= 15 is 0 Å². The fourth-order valence-electron chi connectivity index (χ4n) is 3.41. The number of nitrogens with one attached hydrogen (secondary N) is 3. The lowest BCUT2D eigenvalue weighted by molar-refractivity contribution is 0.530. The van der Waals surface area contributed by atoms with Gasteiger partial charge in [-0.1, -0.05) is 29.3 Å². The molecule has 1 aromatic heterocycles. The van der Waals surface area contributed by atoms with E-state index in [0.29, 0.717) is 21.5 Å². The molecule has 160 valence electrons. The number of aliphatic imine (C=N–C) groups is 1. The van der Waals surface area contributed by atoms with Gasteiger partial charge in [0.05, 0.1) is 5.56 Å². The monoisotopic (exact) mass is 454 g/mol. The van der Waals surface area contributed by atoms with Gasteiger partial charge in [-0.05, 0) is 61.9 Å². The van der Waals surface area contributed by atoms with Crippen LogP contribution in [-0.4, -0.2) is 23.9 Å². The van der Waals surface area contributed by atoms with Crippen LogP contribution in [0.15, 0.2) is 53.3 Å². The Balaban J connectivity index is 1.30. The van der Waals surface area contributed by atoms with E-state index in [0.717, 1.165) is 43.1 Å². The summed E-state index contributed by atoms with van der Waals surface area (Å²) in [5.41, 5.74) is 2.75. The lowest BCUT2D eigenvalue weighted by Crippen LogP contribution is -2.42. The highest BCUT2D eigenvalue weighted by atomic mass is 35.5. The highest BCUT2D eigenvalue weighted by molar-refractivity contribution is 6.35. The van der Waals surface area contributed by atoms with Crippen LogP contribution < -0.4 is 16.0 Å². The van der Waals surface area contributed by atoms with Crippen molar-refractivity contribution in [1.82, 2.24) is 15.6 Å². The van der Waals surface area contributed by atoms with Gasteiger partial charge in [0.1, 0.15) is 23.9 Å². The van der Waals surface area contributed by atoms with Crippen LogP contribution in [0.4, 0.5) is 5.82 Å². The molecular formula is C23H24Cl2N6. The number of pyridine rings is 1. The van der Waals surface area contributed by atoms with Gasteiger partial charge in [-0.2, -0.15) is 5.26 Å². The summed E-state index contributed by atoms with van der Waals surface area (Å²) < 4.78 is 0. The number of anilines is 1. The fourth-order valence-corrected chi connectivity index (χ4v) is 3.93. The molecule has 1 saturated carbocycles. The maximum atomic E-state index is 8.82. The zero-order valence-electron chi connectivity index (χ0n) is 17.0. The van der Waals surface area contributed by atoms with Gasteiger partial charge in [-0.3, -0.25) is 4.99 Å². The average Bonchev–Trinajstić information content (AvgIpc) is 3.62. The highest BCUT2D eigenvalue weighted by Crippen LogP contribution is 2.37. The Hall–Kier alpha value is -2.75. The van der Waals surface area contributed by atoms with Crippen LogP contribution >= 0.6 is 23.2 Å². The summed E-state index contributed by atoms with van der Waals surface area (Å²) in [5, 5.41) is 20.4. The smallest absolute Gasteiger partial charge is 0.125 e. The number of aromatic nitrogens is 1. The molecule has 0 bridgehead atoms. The number of amidine groups is 1. The van der Waals surface area contributed by atoms with Crippen LogP contribution in [0.5, 0.6) is 0 Å². The van der Waals surface area contributed by atoms with Crippen LogP contribution in [0.1, 0.15) is 43.0 Å². The Labute approximate surface area is 192 Å². The lowest BCUT2D eigenvalue weighted by atomic mass is 10.1. The van der Waals surface area contributed by atoms with E-state index in [2.05, 4.69) is 33.1 Å². The summed E-state index contributed by atoms with van der Waals surface area (Å²) in [4.78, 5) is 8.99. The topological polar surface area (TPSA) is 85.1 Å². The van der Waals surface area contributed by atoms with E-state index in [4.69, 9.17) is 33.5 Å². The normalized spacial score (nSPS) is 19.2. The van der Waals surface area contributed by atoms with Gasteiger partial charge in [0, 0.05) is 40.6 Å². The zero-order chi connectivity index (χ0) is 21.6. The number of unbranched alkanes of at least 4 members (excludes halogenated alkanes) is 1. The molecule has 4 rings (SSSR count). The number of rotatable bonds is 8. The number of benzene rings is 1. The van der Waals surface area contributed by atoms with Crippen molar-refractivity contribution in [2.24, 2.45) is 10.9 Å². The third-order valence-corrected chi connectivity index (χ3v) is 5.81. The number of allylic oxidation sites excluding steroid dienone is 1. The first kappa shape index (κ1) is 21.5. The third-order valence-electron chi connectivity index (χ3n) is 5.25. The van der Waals surface area contributed by atoms with Gasteiger partial charge in [0.15, 0.2) is 0 Å². The van der Waals surface area contributed by atoms with Crippen molar-refractivity contribution in [3.05, 3.63) is 69.5 Å². The Bertz CT molecular complexity index is 1020. The second-order valence-corrected chi connectivity index (χ2v) is 8.55. The van der Waals surface area contributed by atoms with E-state index in [-0.39, 0.29) is 6.17 Å². The minimum atomic E-state index is -0.117. The Morgan fingerprint density at radius 1 is 1.16 bits per heavy atom. The second-order valence-electron chi connectivity index (χ2n) is 7.71. The van der Waals surface area contributed by atoms with E-state index in [1.807, 2.05) is 18.2 Å². The maximum absolute atomic E-state index is 8.82. The summed E-state index contributed by atoms with van der Waals surface area (Å²) in [6, 6.07) is 11.2. The van der Waals surface area contributed by atoms with Crippen molar-refractivity contribution < 1.29 is 0 Å². The largest absolute Gasteiger partial charge is 0.370 e. The SMILES string of the molecule is N#Cc1ccc(NCCCCN=C2C=C(C3CC3)NC(c3ccc(Cl)cc3Cl)N2)nc1. The second kappa shape index (κ2) is 10.0. The average molecular weight is 455 g/mol. The van der Waals surface area contributed by atoms with Crippen molar-refractivity contribution in [3.8, 4) is 6.07 Å². The van der Waals surface area contributed by atoms with Crippen LogP contribution in [0.25, 0.3) is 0 Å². The number of nitriles is 1. The molecule has 2 heterocycles.